The topological polar surface area (TPSA) is 110 Å². The molecule has 2 N–H and O–H groups in total. The Labute approximate surface area is 172 Å². The van der Waals surface area contributed by atoms with Crippen LogP contribution in [-0.4, -0.2) is 32.6 Å². The average molecular weight is 416 g/mol. The van der Waals surface area contributed by atoms with Gasteiger partial charge in [-0.05, 0) is 42.0 Å². The van der Waals surface area contributed by atoms with E-state index in [1.807, 2.05) is 6.07 Å². The van der Waals surface area contributed by atoms with Gasteiger partial charge in [0, 0.05) is 11.1 Å². The Kier molecular flexibility index (Phi) is 7.88. The summed E-state index contributed by atoms with van der Waals surface area (Å²) in [6.45, 7) is -0.106. The second-order valence-corrected chi connectivity index (χ2v) is 5.91. The Hall–Kier alpha value is -3.70. The van der Waals surface area contributed by atoms with Crippen molar-refractivity contribution in [2.75, 3.05) is 20.8 Å². The third kappa shape index (κ3) is 6.16. The van der Waals surface area contributed by atoms with Gasteiger partial charge in [-0.3, -0.25) is 20.4 Å². The van der Waals surface area contributed by atoms with E-state index in [2.05, 4.69) is 10.9 Å². The van der Waals surface area contributed by atoms with Gasteiger partial charge in [-0.15, -0.1) is 0 Å². The number of rotatable bonds is 7. The molecule has 0 spiro atoms. The molecule has 2 rings (SSSR count). The van der Waals surface area contributed by atoms with E-state index in [4.69, 9.17) is 31.1 Å². The summed E-state index contributed by atoms with van der Waals surface area (Å²) in [6.07, 6.45) is 2.76. The summed E-state index contributed by atoms with van der Waals surface area (Å²) in [4.78, 5) is 24.2. The number of benzene rings is 2. The molecule has 0 atom stereocenters. The normalized spacial score (nSPS) is 10.1. The summed E-state index contributed by atoms with van der Waals surface area (Å²) >= 11 is 5.89. The summed E-state index contributed by atoms with van der Waals surface area (Å²) in [5, 5.41) is 8.94. The van der Waals surface area contributed by atoms with Crippen LogP contribution in [-0.2, 0) is 4.79 Å². The standard InChI is InChI=1S/C20H18ClN3O5/c1-27-16-7-5-14(21)12-15(16)20(26)24-23-19(25)8-4-13-3-6-17(29-10-9-22)18(11-13)28-2/h3-8,11-12H,10H2,1-2H3,(H,23,25)(H,24,26)/b8-4+. The van der Waals surface area contributed by atoms with Gasteiger partial charge in [0.05, 0.1) is 19.8 Å². The zero-order chi connectivity index (χ0) is 21.2. The quantitative estimate of drug-likeness (QED) is 0.531. The van der Waals surface area contributed by atoms with Crippen molar-refractivity contribution in [2.24, 2.45) is 0 Å². The molecule has 9 heteroatoms. The summed E-state index contributed by atoms with van der Waals surface area (Å²) in [7, 11) is 2.89. The molecule has 2 amide bonds. The fourth-order valence-electron chi connectivity index (χ4n) is 2.27. The van der Waals surface area contributed by atoms with Crippen LogP contribution in [0.4, 0.5) is 0 Å². The number of hydrazine groups is 1. The highest BCUT2D eigenvalue weighted by Crippen LogP contribution is 2.28. The molecular weight excluding hydrogens is 398 g/mol. The van der Waals surface area contributed by atoms with Crippen LogP contribution in [0.25, 0.3) is 6.08 Å². The second-order valence-electron chi connectivity index (χ2n) is 5.48. The average Bonchev–Trinajstić information content (AvgIpc) is 2.74. The summed E-state index contributed by atoms with van der Waals surface area (Å²) in [5.41, 5.74) is 5.40. The van der Waals surface area contributed by atoms with Gasteiger partial charge in [0.25, 0.3) is 11.8 Å². The van der Waals surface area contributed by atoms with Crippen molar-refractivity contribution in [3.63, 3.8) is 0 Å². The van der Waals surface area contributed by atoms with Crippen molar-refractivity contribution in [3.8, 4) is 23.3 Å². The molecule has 0 bridgehead atoms. The summed E-state index contributed by atoms with van der Waals surface area (Å²) in [5.74, 6) is 0.0277. The molecule has 0 aromatic heterocycles. The van der Waals surface area contributed by atoms with Crippen molar-refractivity contribution < 1.29 is 23.8 Å². The van der Waals surface area contributed by atoms with Crippen molar-refractivity contribution >= 4 is 29.5 Å². The first kappa shape index (κ1) is 21.6. The summed E-state index contributed by atoms with van der Waals surface area (Å²) in [6, 6.07) is 11.4. The number of hydrogen-bond acceptors (Lipinski definition) is 6. The lowest BCUT2D eigenvalue weighted by Gasteiger charge is -2.10. The molecule has 2 aromatic carbocycles. The van der Waals surface area contributed by atoms with Crippen LogP contribution in [0.2, 0.25) is 5.02 Å². The molecule has 0 saturated carbocycles. The highest BCUT2D eigenvalue weighted by molar-refractivity contribution is 6.31. The Bertz CT molecular complexity index is 969. The molecule has 0 aliphatic rings. The highest BCUT2D eigenvalue weighted by atomic mass is 35.5. The first-order valence-corrected chi connectivity index (χ1v) is 8.66. The molecule has 0 aliphatic heterocycles. The number of hydrogen-bond donors (Lipinski definition) is 2. The fraction of sp³-hybridized carbons (Fsp3) is 0.150. The van der Waals surface area contributed by atoms with Gasteiger partial charge in [-0.25, -0.2) is 0 Å². The predicted octanol–water partition coefficient (Wildman–Crippen LogP) is 2.73. The molecular formula is C20H18ClN3O5. The zero-order valence-corrected chi connectivity index (χ0v) is 16.4. The van der Waals surface area contributed by atoms with Crippen molar-refractivity contribution in [1.29, 1.82) is 5.26 Å². The summed E-state index contributed by atoms with van der Waals surface area (Å²) < 4.78 is 15.5. The number of carbonyl (C=O) groups is 2. The minimum atomic E-state index is -0.577. The molecule has 0 unspecified atom stereocenters. The number of nitrogens with one attached hydrogen (secondary N) is 2. The van der Waals surface area contributed by atoms with Gasteiger partial charge in [-0.1, -0.05) is 17.7 Å². The van der Waals surface area contributed by atoms with E-state index >= 15 is 0 Å². The van der Waals surface area contributed by atoms with Crippen LogP contribution in [0, 0.1) is 11.3 Å². The van der Waals surface area contributed by atoms with Crippen LogP contribution in [0.1, 0.15) is 15.9 Å². The molecule has 2 aromatic rings. The predicted molar refractivity (Wildman–Crippen MR) is 107 cm³/mol. The van der Waals surface area contributed by atoms with Crippen molar-refractivity contribution in [2.45, 2.75) is 0 Å². The van der Waals surface area contributed by atoms with Crippen LogP contribution >= 0.6 is 11.6 Å². The first-order valence-electron chi connectivity index (χ1n) is 8.28. The lowest BCUT2D eigenvalue weighted by Crippen LogP contribution is -2.40. The molecule has 0 aliphatic carbocycles. The smallest absolute Gasteiger partial charge is 0.273 e. The third-order valence-corrected chi connectivity index (χ3v) is 3.85. The van der Waals surface area contributed by atoms with Gasteiger partial charge in [0.15, 0.2) is 18.1 Å². The van der Waals surface area contributed by atoms with Crippen molar-refractivity contribution in [3.05, 3.63) is 58.6 Å². The van der Waals surface area contributed by atoms with Crippen LogP contribution in [0.3, 0.4) is 0 Å². The van der Waals surface area contributed by atoms with E-state index in [-0.39, 0.29) is 12.2 Å². The SMILES string of the molecule is COc1cc(/C=C/C(=O)NNC(=O)c2cc(Cl)ccc2OC)ccc1OCC#N. The number of amides is 2. The Morgan fingerprint density at radius 1 is 1.07 bits per heavy atom. The van der Waals surface area contributed by atoms with Crippen LogP contribution in [0.15, 0.2) is 42.5 Å². The highest BCUT2D eigenvalue weighted by Gasteiger charge is 2.13. The molecule has 29 heavy (non-hydrogen) atoms. The van der Waals surface area contributed by atoms with Gasteiger partial charge in [-0.2, -0.15) is 5.26 Å². The second kappa shape index (κ2) is 10.6. The number of methoxy groups -OCH3 is 2. The van der Waals surface area contributed by atoms with Crippen LogP contribution < -0.4 is 25.1 Å². The monoisotopic (exact) mass is 415 g/mol. The largest absolute Gasteiger partial charge is 0.496 e. The van der Waals surface area contributed by atoms with Crippen LogP contribution in [0.5, 0.6) is 17.2 Å². The Morgan fingerprint density at radius 2 is 1.79 bits per heavy atom. The fourth-order valence-corrected chi connectivity index (χ4v) is 2.45. The molecule has 0 saturated heterocycles. The van der Waals surface area contributed by atoms with E-state index in [1.54, 1.807) is 30.3 Å². The van der Waals surface area contributed by atoms with Gasteiger partial charge in [0.2, 0.25) is 0 Å². The maximum atomic E-state index is 12.2. The molecule has 0 fully saturated rings. The van der Waals surface area contributed by atoms with Gasteiger partial charge < -0.3 is 14.2 Å². The Morgan fingerprint density at radius 3 is 2.48 bits per heavy atom. The number of nitriles is 1. The third-order valence-electron chi connectivity index (χ3n) is 3.61. The van der Waals surface area contributed by atoms with E-state index in [0.717, 1.165) is 0 Å². The van der Waals surface area contributed by atoms with E-state index in [0.29, 0.717) is 27.8 Å². The van der Waals surface area contributed by atoms with E-state index in [1.165, 1.54) is 32.4 Å². The molecule has 0 heterocycles. The maximum Gasteiger partial charge on any atom is 0.273 e. The Balaban J connectivity index is 1.99. The van der Waals surface area contributed by atoms with Crippen molar-refractivity contribution in [1.82, 2.24) is 10.9 Å². The molecule has 150 valence electrons. The van der Waals surface area contributed by atoms with E-state index < -0.39 is 11.8 Å². The minimum absolute atomic E-state index is 0.106. The molecule has 8 nitrogen and oxygen atoms in total. The lowest BCUT2D eigenvalue weighted by atomic mass is 10.2. The molecule has 0 radical (unpaired) electrons. The number of ether oxygens (including phenoxy) is 3. The first-order chi connectivity index (χ1) is 14.0. The maximum absolute atomic E-state index is 12.2. The van der Waals surface area contributed by atoms with E-state index in [9.17, 15) is 9.59 Å². The number of nitrogens with zero attached hydrogens (tertiary/aromatic N) is 1. The zero-order valence-electron chi connectivity index (χ0n) is 15.7. The number of halogens is 1. The van der Waals surface area contributed by atoms with Gasteiger partial charge in [0.1, 0.15) is 11.8 Å². The number of carbonyl (C=O) groups excluding carboxylic acids is 2. The lowest BCUT2D eigenvalue weighted by molar-refractivity contribution is -0.117. The minimum Gasteiger partial charge on any atom is -0.496 e. The van der Waals surface area contributed by atoms with Gasteiger partial charge >= 0.3 is 0 Å².